The highest BCUT2D eigenvalue weighted by molar-refractivity contribution is 5.26. The van der Waals surface area contributed by atoms with E-state index in [-0.39, 0.29) is 18.0 Å². The molecule has 2 heterocycles. The van der Waals surface area contributed by atoms with Crippen LogP contribution in [0.15, 0.2) is 48.7 Å². The van der Waals surface area contributed by atoms with Gasteiger partial charge < -0.3 is 10.1 Å². The highest BCUT2D eigenvalue weighted by atomic mass is 19.1. The Hall–Kier alpha value is -1.78. The Labute approximate surface area is 124 Å². The number of hydrogen-bond donors (Lipinski definition) is 1. The smallest absolute Gasteiger partial charge is 0.125 e. The van der Waals surface area contributed by atoms with E-state index in [1.54, 1.807) is 18.3 Å². The Bertz CT molecular complexity index is 553. The van der Waals surface area contributed by atoms with Crippen molar-refractivity contribution in [3.8, 4) is 0 Å². The normalized spacial score (nSPS) is 17.6. The van der Waals surface area contributed by atoms with Crippen LogP contribution in [-0.2, 0) is 4.74 Å². The molecule has 2 aromatic rings. The van der Waals surface area contributed by atoms with Crippen LogP contribution in [0.1, 0.15) is 30.2 Å². The molecule has 1 aromatic carbocycles. The number of aromatic nitrogens is 1. The molecule has 1 atom stereocenters. The number of nitrogens with zero attached hydrogens (tertiary/aromatic N) is 1. The quantitative estimate of drug-likeness (QED) is 0.938. The summed E-state index contributed by atoms with van der Waals surface area (Å²) in [6.45, 7) is 1.95. The molecular weight excluding hydrogens is 267 g/mol. The molecular formula is C17H19FN2O. The van der Waals surface area contributed by atoms with Crippen LogP contribution < -0.4 is 5.32 Å². The van der Waals surface area contributed by atoms with Gasteiger partial charge in [0.15, 0.2) is 0 Å². The molecule has 0 bridgehead atoms. The summed E-state index contributed by atoms with van der Waals surface area (Å²) in [4.78, 5) is 4.41. The summed E-state index contributed by atoms with van der Waals surface area (Å²) in [6, 6.07) is 12.3. The number of pyridine rings is 1. The van der Waals surface area contributed by atoms with Crippen molar-refractivity contribution >= 4 is 0 Å². The van der Waals surface area contributed by atoms with Crippen LogP contribution in [-0.4, -0.2) is 24.2 Å². The fraction of sp³-hybridized carbons (Fsp3) is 0.353. The van der Waals surface area contributed by atoms with Gasteiger partial charge in [-0.25, -0.2) is 4.39 Å². The number of nitrogens with one attached hydrogen (secondary N) is 1. The molecule has 1 aromatic heterocycles. The van der Waals surface area contributed by atoms with Gasteiger partial charge in [-0.3, -0.25) is 4.98 Å². The summed E-state index contributed by atoms with van der Waals surface area (Å²) in [5.41, 5.74) is 1.80. The van der Waals surface area contributed by atoms with Gasteiger partial charge in [0, 0.05) is 6.20 Å². The van der Waals surface area contributed by atoms with Gasteiger partial charge >= 0.3 is 0 Å². The zero-order valence-electron chi connectivity index (χ0n) is 11.8. The number of hydrogen-bond acceptors (Lipinski definition) is 3. The molecule has 0 spiro atoms. The maximum atomic E-state index is 13.1. The van der Waals surface area contributed by atoms with Gasteiger partial charge in [-0.05, 0) is 55.8 Å². The molecule has 110 valence electrons. The Morgan fingerprint density at radius 3 is 2.52 bits per heavy atom. The zero-order valence-corrected chi connectivity index (χ0v) is 11.8. The summed E-state index contributed by atoms with van der Waals surface area (Å²) in [7, 11) is 0. The lowest BCUT2D eigenvalue weighted by Crippen LogP contribution is -2.33. The van der Waals surface area contributed by atoms with E-state index in [0.29, 0.717) is 0 Å². The molecule has 3 rings (SSSR count). The van der Waals surface area contributed by atoms with Crippen LogP contribution in [0.4, 0.5) is 4.39 Å². The number of piperidine rings is 1. The second-order valence-electron chi connectivity index (χ2n) is 5.27. The van der Waals surface area contributed by atoms with Gasteiger partial charge in [0.25, 0.3) is 0 Å². The predicted octanol–water partition coefficient (Wildman–Crippen LogP) is 3.08. The molecule has 1 aliphatic rings. The predicted molar refractivity (Wildman–Crippen MR) is 79.5 cm³/mol. The van der Waals surface area contributed by atoms with Gasteiger partial charge in [-0.2, -0.15) is 0 Å². The van der Waals surface area contributed by atoms with Crippen molar-refractivity contribution < 1.29 is 9.13 Å². The second-order valence-corrected chi connectivity index (χ2v) is 5.27. The lowest BCUT2D eigenvalue weighted by atomic mass is 10.0. The summed E-state index contributed by atoms with van der Waals surface area (Å²) < 4.78 is 19.4. The third-order valence-corrected chi connectivity index (χ3v) is 3.74. The molecule has 1 unspecified atom stereocenters. The SMILES string of the molecule is Fc1ccc(C(OC2CCNCC2)c2ccccn2)cc1. The summed E-state index contributed by atoms with van der Waals surface area (Å²) >= 11 is 0. The van der Waals surface area contributed by atoms with Crippen molar-refractivity contribution in [1.82, 2.24) is 10.3 Å². The Morgan fingerprint density at radius 1 is 1.10 bits per heavy atom. The maximum Gasteiger partial charge on any atom is 0.125 e. The topological polar surface area (TPSA) is 34.1 Å². The van der Waals surface area contributed by atoms with E-state index in [0.717, 1.165) is 37.2 Å². The zero-order chi connectivity index (χ0) is 14.5. The molecule has 3 nitrogen and oxygen atoms in total. The van der Waals surface area contributed by atoms with Crippen LogP contribution >= 0.6 is 0 Å². The Kier molecular flexibility index (Phi) is 4.58. The lowest BCUT2D eigenvalue weighted by Gasteiger charge is -2.28. The van der Waals surface area contributed by atoms with E-state index in [1.165, 1.54) is 12.1 Å². The van der Waals surface area contributed by atoms with E-state index in [2.05, 4.69) is 10.3 Å². The van der Waals surface area contributed by atoms with Gasteiger partial charge in [0.2, 0.25) is 0 Å². The highest BCUT2D eigenvalue weighted by Gasteiger charge is 2.22. The first kappa shape index (κ1) is 14.2. The molecule has 1 N–H and O–H groups in total. The first-order chi connectivity index (χ1) is 10.3. The Balaban J connectivity index is 1.85. The Morgan fingerprint density at radius 2 is 1.86 bits per heavy atom. The monoisotopic (exact) mass is 286 g/mol. The lowest BCUT2D eigenvalue weighted by molar-refractivity contribution is -0.00993. The average Bonchev–Trinajstić information content (AvgIpc) is 2.55. The fourth-order valence-electron chi connectivity index (χ4n) is 2.61. The third kappa shape index (κ3) is 3.65. The summed E-state index contributed by atoms with van der Waals surface area (Å²) in [6.07, 6.45) is 3.71. The summed E-state index contributed by atoms with van der Waals surface area (Å²) in [5, 5.41) is 3.33. The molecule has 0 aliphatic carbocycles. The molecule has 1 fully saturated rings. The van der Waals surface area contributed by atoms with Crippen LogP contribution in [0, 0.1) is 5.82 Å². The van der Waals surface area contributed by atoms with Crippen LogP contribution in [0.5, 0.6) is 0 Å². The van der Waals surface area contributed by atoms with Crippen LogP contribution in [0.2, 0.25) is 0 Å². The van der Waals surface area contributed by atoms with Crippen molar-refractivity contribution in [2.24, 2.45) is 0 Å². The highest BCUT2D eigenvalue weighted by Crippen LogP contribution is 2.28. The largest absolute Gasteiger partial charge is 0.364 e. The van der Waals surface area contributed by atoms with Crippen molar-refractivity contribution in [2.75, 3.05) is 13.1 Å². The number of benzene rings is 1. The van der Waals surface area contributed by atoms with Crippen molar-refractivity contribution in [1.29, 1.82) is 0 Å². The molecule has 0 saturated carbocycles. The minimum Gasteiger partial charge on any atom is -0.364 e. The fourth-order valence-corrected chi connectivity index (χ4v) is 2.61. The minimum absolute atomic E-state index is 0.211. The molecule has 1 aliphatic heterocycles. The molecule has 0 amide bonds. The van der Waals surface area contributed by atoms with Crippen molar-refractivity contribution in [3.05, 3.63) is 65.7 Å². The standard InChI is InChI=1S/C17H19FN2O/c18-14-6-4-13(5-7-14)17(16-3-1-2-10-20-16)21-15-8-11-19-12-9-15/h1-7,10,15,17,19H,8-9,11-12H2. The first-order valence-electron chi connectivity index (χ1n) is 7.35. The van der Waals surface area contributed by atoms with Crippen molar-refractivity contribution in [3.63, 3.8) is 0 Å². The number of halogens is 1. The molecule has 0 radical (unpaired) electrons. The minimum atomic E-state index is -0.241. The van der Waals surface area contributed by atoms with Crippen LogP contribution in [0.3, 0.4) is 0 Å². The van der Waals surface area contributed by atoms with Gasteiger partial charge in [-0.1, -0.05) is 18.2 Å². The third-order valence-electron chi connectivity index (χ3n) is 3.74. The maximum absolute atomic E-state index is 13.1. The van der Waals surface area contributed by atoms with E-state index in [1.807, 2.05) is 18.2 Å². The summed E-state index contributed by atoms with van der Waals surface area (Å²) in [5.74, 6) is -0.236. The number of rotatable bonds is 4. The van der Waals surface area contributed by atoms with Gasteiger partial charge in [0.1, 0.15) is 11.9 Å². The van der Waals surface area contributed by atoms with E-state index in [4.69, 9.17) is 4.74 Å². The molecule has 21 heavy (non-hydrogen) atoms. The number of ether oxygens (including phenoxy) is 1. The van der Waals surface area contributed by atoms with E-state index in [9.17, 15) is 4.39 Å². The average molecular weight is 286 g/mol. The van der Waals surface area contributed by atoms with E-state index < -0.39 is 0 Å². The van der Waals surface area contributed by atoms with Gasteiger partial charge in [0.05, 0.1) is 11.8 Å². The van der Waals surface area contributed by atoms with E-state index >= 15 is 0 Å². The van der Waals surface area contributed by atoms with Gasteiger partial charge in [-0.15, -0.1) is 0 Å². The van der Waals surface area contributed by atoms with Crippen LogP contribution in [0.25, 0.3) is 0 Å². The van der Waals surface area contributed by atoms with Crippen molar-refractivity contribution in [2.45, 2.75) is 25.0 Å². The molecule has 4 heteroatoms. The first-order valence-corrected chi connectivity index (χ1v) is 7.35. The second kappa shape index (κ2) is 6.78. The molecule has 1 saturated heterocycles.